The van der Waals surface area contributed by atoms with Crippen molar-refractivity contribution in [3.63, 3.8) is 0 Å². The van der Waals surface area contributed by atoms with Crippen LogP contribution in [0.15, 0.2) is 35.1 Å². The number of anilines is 1. The van der Waals surface area contributed by atoms with Crippen molar-refractivity contribution in [2.75, 3.05) is 19.5 Å². The molecule has 0 atom stereocenters. The predicted octanol–water partition coefficient (Wildman–Crippen LogP) is 2.87. The number of nitrogens with zero attached hydrogens (tertiary/aromatic N) is 2. The Morgan fingerprint density at radius 2 is 1.74 bits per heavy atom. The second kappa shape index (κ2) is 6.38. The number of ether oxygens (including phenoxy) is 2. The van der Waals surface area contributed by atoms with Gasteiger partial charge in [0.05, 0.1) is 26.3 Å². The SMILES string of the molecule is COc1ncnc(OC)c1CNc1ccccc1Br. The van der Waals surface area contributed by atoms with Gasteiger partial charge < -0.3 is 14.8 Å². The lowest BCUT2D eigenvalue weighted by molar-refractivity contribution is 0.363. The molecule has 100 valence electrons. The zero-order valence-electron chi connectivity index (χ0n) is 10.7. The number of nitrogens with one attached hydrogen (secondary N) is 1. The fraction of sp³-hybridized carbons (Fsp3) is 0.231. The smallest absolute Gasteiger partial charge is 0.225 e. The summed E-state index contributed by atoms with van der Waals surface area (Å²) >= 11 is 3.48. The second-order valence-electron chi connectivity index (χ2n) is 3.70. The van der Waals surface area contributed by atoms with Crippen LogP contribution in [0.2, 0.25) is 0 Å². The van der Waals surface area contributed by atoms with Crippen molar-refractivity contribution >= 4 is 21.6 Å². The molecule has 0 bridgehead atoms. The minimum absolute atomic E-state index is 0.506. The van der Waals surface area contributed by atoms with E-state index in [4.69, 9.17) is 9.47 Å². The van der Waals surface area contributed by atoms with Crippen LogP contribution in [-0.2, 0) is 6.54 Å². The van der Waals surface area contributed by atoms with Gasteiger partial charge in [-0.15, -0.1) is 0 Å². The summed E-state index contributed by atoms with van der Waals surface area (Å²) in [5.74, 6) is 1.01. The van der Waals surface area contributed by atoms with Gasteiger partial charge in [-0.2, -0.15) is 0 Å². The Labute approximate surface area is 120 Å². The van der Waals surface area contributed by atoms with Crippen LogP contribution in [0.5, 0.6) is 11.8 Å². The first-order valence-corrected chi connectivity index (χ1v) is 6.45. The molecule has 6 heteroatoms. The fourth-order valence-electron chi connectivity index (χ4n) is 1.67. The lowest BCUT2D eigenvalue weighted by atomic mass is 10.2. The molecule has 2 aromatic rings. The van der Waals surface area contributed by atoms with Gasteiger partial charge in [-0.1, -0.05) is 12.1 Å². The van der Waals surface area contributed by atoms with Gasteiger partial charge in [-0.3, -0.25) is 0 Å². The maximum Gasteiger partial charge on any atom is 0.225 e. The highest BCUT2D eigenvalue weighted by molar-refractivity contribution is 9.10. The number of rotatable bonds is 5. The van der Waals surface area contributed by atoms with E-state index in [1.165, 1.54) is 6.33 Å². The Hall–Kier alpha value is -1.82. The van der Waals surface area contributed by atoms with Crippen LogP contribution >= 0.6 is 15.9 Å². The van der Waals surface area contributed by atoms with E-state index in [1.54, 1.807) is 14.2 Å². The maximum atomic E-state index is 5.22. The summed E-state index contributed by atoms with van der Waals surface area (Å²) in [6.45, 7) is 0.510. The molecular formula is C13H14BrN3O2. The molecule has 0 radical (unpaired) electrons. The molecule has 1 N–H and O–H groups in total. The quantitative estimate of drug-likeness (QED) is 0.916. The highest BCUT2D eigenvalue weighted by Gasteiger charge is 2.12. The van der Waals surface area contributed by atoms with Crippen LogP contribution in [0.4, 0.5) is 5.69 Å². The van der Waals surface area contributed by atoms with Crippen LogP contribution < -0.4 is 14.8 Å². The number of benzene rings is 1. The third-order valence-electron chi connectivity index (χ3n) is 2.58. The largest absolute Gasteiger partial charge is 0.481 e. The maximum absolute atomic E-state index is 5.22. The van der Waals surface area contributed by atoms with Crippen LogP contribution in [0, 0.1) is 0 Å². The summed E-state index contributed by atoms with van der Waals surface area (Å²) in [6, 6.07) is 7.87. The fourth-order valence-corrected chi connectivity index (χ4v) is 2.10. The molecule has 1 aromatic carbocycles. The number of methoxy groups -OCH3 is 2. The molecule has 0 aliphatic rings. The first-order chi connectivity index (χ1) is 9.26. The van der Waals surface area contributed by atoms with Crippen LogP contribution in [0.1, 0.15) is 5.56 Å². The van der Waals surface area contributed by atoms with Crippen molar-refractivity contribution in [2.24, 2.45) is 0 Å². The van der Waals surface area contributed by atoms with Gasteiger partial charge in [-0.05, 0) is 28.1 Å². The number of aromatic nitrogens is 2. The molecule has 19 heavy (non-hydrogen) atoms. The van der Waals surface area contributed by atoms with E-state index >= 15 is 0 Å². The average Bonchev–Trinajstić information content (AvgIpc) is 2.46. The zero-order chi connectivity index (χ0) is 13.7. The van der Waals surface area contributed by atoms with Gasteiger partial charge in [-0.25, -0.2) is 9.97 Å². The minimum Gasteiger partial charge on any atom is -0.481 e. The molecule has 0 saturated carbocycles. The minimum atomic E-state index is 0.506. The molecule has 0 amide bonds. The van der Waals surface area contributed by atoms with Crippen molar-refractivity contribution in [2.45, 2.75) is 6.54 Å². The molecule has 0 aliphatic carbocycles. The molecule has 0 spiro atoms. The topological polar surface area (TPSA) is 56.3 Å². The number of para-hydroxylation sites is 1. The predicted molar refractivity (Wildman–Crippen MR) is 76.6 cm³/mol. The third-order valence-corrected chi connectivity index (χ3v) is 3.27. The van der Waals surface area contributed by atoms with E-state index in [-0.39, 0.29) is 0 Å². The summed E-state index contributed by atoms with van der Waals surface area (Å²) in [4.78, 5) is 8.15. The third kappa shape index (κ3) is 3.14. The molecule has 0 unspecified atom stereocenters. The summed E-state index contributed by atoms with van der Waals surface area (Å²) in [5, 5.41) is 3.29. The lowest BCUT2D eigenvalue weighted by Gasteiger charge is -2.13. The highest BCUT2D eigenvalue weighted by Crippen LogP contribution is 2.26. The molecule has 0 saturated heterocycles. The Balaban J connectivity index is 2.21. The van der Waals surface area contributed by atoms with Gasteiger partial charge in [0.1, 0.15) is 6.33 Å². The Morgan fingerprint density at radius 3 is 2.32 bits per heavy atom. The molecule has 0 fully saturated rings. The van der Waals surface area contributed by atoms with E-state index in [1.807, 2.05) is 24.3 Å². The monoisotopic (exact) mass is 323 g/mol. The molecular weight excluding hydrogens is 310 g/mol. The standard InChI is InChI=1S/C13H14BrN3O2/c1-18-12-9(13(19-2)17-8-16-12)7-15-11-6-4-3-5-10(11)14/h3-6,8,15H,7H2,1-2H3. The van der Waals surface area contributed by atoms with Crippen molar-refractivity contribution < 1.29 is 9.47 Å². The lowest BCUT2D eigenvalue weighted by Crippen LogP contribution is -2.07. The van der Waals surface area contributed by atoms with Gasteiger partial charge >= 0.3 is 0 Å². The molecule has 1 aromatic heterocycles. The van der Waals surface area contributed by atoms with Gasteiger partial charge in [0.15, 0.2) is 0 Å². The van der Waals surface area contributed by atoms with E-state index in [9.17, 15) is 0 Å². The Bertz CT molecular complexity index is 541. The van der Waals surface area contributed by atoms with Crippen molar-refractivity contribution in [3.8, 4) is 11.8 Å². The summed E-state index contributed by atoms with van der Waals surface area (Å²) in [6.07, 6.45) is 1.42. The van der Waals surface area contributed by atoms with Crippen LogP contribution in [0.25, 0.3) is 0 Å². The van der Waals surface area contributed by atoms with Crippen molar-refractivity contribution in [1.82, 2.24) is 9.97 Å². The van der Waals surface area contributed by atoms with Crippen LogP contribution in [0.3, 0.4) is 0 Å². The molecule has 0 aliphatic heterocycles. The number of hydrogen-bond acceptors (Lipinski definition) is 5. The molecule has 2 rings (SSSR count). The average molecular weight is 324 g/mol. The van der Waals surface area contributed by atoms with E-state index < -0.39 is 0 Å². The highest BCUT2D eigenvalue weighted by atomic mass is 79.9. The van der Waals surface area contributed by atoms with Crippen LogP contribution in [-0.4, -0.2) is 24.2 Å². The molecule has 5 nitrogen and oxygen atoms in total. The van der Waals surface area contributed by atoms with Gasteiger partial charge in [0.25, 0.3) is 0 Å². The summed E-state index contributed by atoms with van der Waals surface area (Å²) in [5.41, 5.74) is 1.76. The molecule has 1 heterocycles. The van der Waals surface area contributed by atoms with E-state index in [2.05, 4.69) is 31.2 Å². The van der Waals surface area contributed by atoms with E-state index in [0.717, 1.165) is 15.7 Å². The summed E-state index contributed by atoms with van der Waals surface area (Å²) in [7, 11) is 3.15. The Kier molecular flexibility index (Phi) is 4.57. The van der Waals surface area contributed by atoms with E-state index in [0.29, 0.717) is 18.3 Å². The van der Waals surface area contributed by atoms with Crippen molar-refractivity contribution in [3.05, 3.63) is 40.6 Å². The van der Waals surface area contributed by atoms with Crippen molar-refractivity contribution in [1.29, 1.82) is 0 Å². The second-order valence-corrected chi connectivity index (χ2v) is 4.56. The first-order valence-electron chi connectivity index (χ1n) is 5.66. The van der Waals surface area contributed by atoms with Gasteiger partial charge in [0.2, 0.25) is 11.8 Å². The summed E-state index contributed by atoms with van der Waals surface area (Å²) < 4.78 is 11.4. The number of halogens is 1. The first kappa shape index (κ1) is 13.6. The number of hydrogen-bond donors (Lipinski definition) is 1. The van der Waals surface area contributed by atoms with Gasteiger partial charge in [0, 0.05) is 10.2 Å². The normalized spacial score (nSPS) is 10.1. The zero-order valence-corrected chi connectivity index (χ0v) is 12.3. The Morgan fingerprint density at radius 1 is 1.11 bits per heavy atom.